The van der Waals surface area contributed by atoms with Gasteiger partial charge in [0.15, 0.2) is 0 Å². The Labute approximate surface area is 78.4 Å². The minimum atomic E-state index is -0.454. The van der Waals surface area contributed by atoms with Crippen LogP contribution in [0.1, 0.15) is 19.8 Å². The van der Waals surface area contributed by atoms with E-state index in [1.54, 1.807) is 0 Å². The van der Waals surface area contributed by atoms with E-state index in [2.05, 4.69) is 6.07 Å². The second-order valence-corrected chi connectivity index (χ2v) is 3.71. The highest BCUT2D eigenvalue weighted by atomic mass is 16.3. The fourth-order valence-corrected chi connectivity index (χ4v) is 1.70. The van der Waals surface area contributed by atoms with Gasteiger partial charge in [-0.15, -0.1) is 0 Å². The van der Waals surface area contributed by atoms with Gasteiger partial charge in [0.2, 0.25) is 0 Å². The van der Waals surface area contributed by atoms with Crippen LogP contribution in [-0.2, 0) is 0 Å². The van der Waals surface area contributed by atoms with Gasteiger partial charge in [0, 0.05) is 25.6 Å². The second-order valence-electron chi connectivity index (χ2n) is 3.71. The predicted octanol–water partition coefficient (Wildman–Crippen LogP) is -0.284. The lowest BCUT2D eigenvalue weighted by Crippen LogP contribution is -2.49. The van der Waals surface area contributed by atoms with Crippen LogP contribution in [-0.4, -0.2) is 46.5 Å². The molecule has 0 bridgehead atoms. The number of aliphatic hydroxyl groups is 2. The Morgan fingerprint density at radius 2 is 2.00 bits per heavy atom. The molecule has 4 heteroatoms. The molecule has 0 aromatic rings. The summed E-state index contributed by atoms with van der Waals surface area (Å²) in [4.78, 5) is 1.96. The van der Waals surface area contributed by atoms with E-state index < -0.39 is 12.2 Å². The van der Waals surface area contributed by atoms with Crippen molar-refractivity contribution in [2.45, 2.75) is 38.0 Å². The molecule has 2 N–H and O–H groups in total. The van der Waals surface area contributed by atoms with E-state index in [4.69, 9.17) is 5.26 Å². The fraction of sp³-hybridized carbons (Fsp3) is 0.889. The summed E-state index contributed by atoms with van der Waals surface area (Å²) >= 11 is 0. The van der Waals surface area contributed by atoms with Gasteiger partial charge >= 0.3 is 0 Å². The van der Waals surface area contributed by atoms with Gasteiger partial charge in [0.1, 0.15) is 0 Å². The van der Waals surface area contributed by atoms with Crippen LogP contribution in [0.2, 0.25) is 0 Å². The van der Waals surface area contributed by atoms with Gasteiger partial charge < -0.3 is 10.2 Å². The summed E-state index contributed by atoms with van der Waals surface area (Å²) < 4.78 is 0. The Hall–Kier alpha value is -0.630. The van der Waals surface area contributed by atoms with E-state index in [9.17, 15) is 10.2 Å². The Morgan fingerprint density at radius 3 is 2.46 bits per heavy atom. The highest BCUT2D eigenvalue weighted by Crippen LogP contribution is 2.14. The van der Waals surface area contributed by atoms with Crippen LogP contribution >= 0.6 is 0 Å². The first-order valence-electron chi connectivity index (χ1n) is 4.60. The number of β-amino-alcohol motifs (C(OH)–C–C–N with tert-alkyl or cyclic N) is 2. The number of hydrogen-bond donors (Lipinski definition) is 2. The Morgan fingerprint density at radius 1 is 1.46 bits per heavy atom. The van der Waals surface area contributed by atoms with Gasteiger partial charge in [0.25, 0.3) is 0 Å². The number of rotatable bonds is 2. The molecule has 0 spiro atoms. The molecule has 0 radical (unpaired) electrons. The summed E-state index contributed by atoms with van der Waals surface area (Å²) in [6.07, 6.45) is -0.00958. The van der Waals surface area contributed by atoms with Gasteiger partial charge in [-0.25, -0.2) is 0 Å². The zero-order valence-electron chi connectivity index (χ0n) is 7.85. The standard InChI is InChI=1S/C9H16N2O2/c1-7(2-3-10)11-5-8(12)4-9(13)6-11/h7-9,12-13H,2,4-6H2,1H3/t7?,8-,9+. The summed E-state index contributed by atoms with van der Waals surface area (Å²) in [5, 5.41) is 27.3. The first-order chi connectivity index (χ1) is 6.13. The van der Waals surface area contributed by atoms with Crippen LogP contribution in [0.25, 0.3) is 0 Å². The van der Waals surface area contributed by atoms with Crippen LogP contribution < -0.4 is 0 Å². The number of piperidine rings is 1. The molecule has 1 unspecified atom stereocenters. The van der Waals surface area contributed by atoms with Gasteiger partial charge in [-0.1, -0.05) is 0 Å². The Kier molecular flexibility index (Phi) is 3.67. The van der Waals surface area contributed by atoms with Crippen LogP contribution in [0.3, 0.4) is 0 Å². The van der Waals surface area contributed by atoms with Gasteiger partial charge in [-0.05, 0) is 6.92 Å². The maximum absolute atomic E-state index is 9.38. The predicted molar refractivity (Wildman–Crippen MR) is 47.9 cm³/mol. The molecule has 1 rings (SSSR count). The average Bonchev–Trinajstić information content (AvgIpc) is 2.03. The molecule has 0 aliphatic carbocycles. The zero-order valence-corrected chi connectivity index (χ0v) is 7.85. The third-order valence-corrected chi connectivity index (χ3v) is 2.44. The van der Waals surface area contributed by atoms with E-state index in [1.807, 2.05) is 11.8 Å². The van der Waals surface area contributed by atoms with Crippen molar-refractivity contribution >= 4 is 0 Å². The molecule has 1 saturated heterocycles. The summed E-state index contributed by atoms with van der Waals surface area (Å²) in [7, 11) is 0. The molecular formula is C9H16N2O2. The van der Waals surface area contributed by atoms with Gasteiger partial charge in [0.05, 0.1) is 24.7 Å². The van der Waals surface area contributed by atoms with Crippen LogP contribution in [0.5, 0.6) is 0 Å². The van der Waals surface area contributed by atoms with Crippen LogP contribution in [0, 0.1) is 11.3 Å². The van der Waals surface area contributed by atoms with Gasteiger partial charge in [-0.2, -0.15) is 5.26 Å². The van der Waals surface area contributed by atoms with E-state index in [0.29, 0.717) is 25.9 Å². The topological polar surface area (TPSA) is 67.5 Å². The normalized spacial score (nSPS) is 32.5. The molecule has 1 aliphatic rings. The molecule has 0 aromatic heterocycles. The maximum atomic E-state index is 9.38. The molecule has 1 fully saturated rings. The monoisotopic (exact) mass is 184 g/mol. The van der Waals surface area contributed by atoms with Crippen LogP contribution in [0.15, 0.2) is 0 Å². The number of likely N-dealkylation sites (tertiary alicyclic amines) is 1. The SMILES string of the molecule is CC(CC#N)N1C[C@H](O)C[C@H](O)C1. The molecule has 0 aromatic carbocycles. The minimum Gasteiger partial charge on any atom is -0.392 e. The molecule has 74 valence electrons. The first-order valence-corrected chi connectivity index (χ1v) is 4.60. The highest BCUT2D eigenvalue weighted by molar-refractivity contribution is 4.85. The molecule has 0 saturated carbocycles. The average molecular weight is 184 g/mol. The quantitative estimate of drug-likeness (QED) is 0.619. The van der Waals surface area contributed by atoms with Gasteiger partial charge in [-0.3, -0.25) is 4.90 Å². The van der Waals surface area contributed by atoms with Crippen molar-refractivity contribution in [1.82, 2.24) is 4.90 Å². The van der Waals surface area contributed by atoms with E-state index >= 15 is 0 Å². The lowest BCUT2D eigenvalue weighted by molar-refractivity contribution is -0.0212. The smallest absolute Gasteiger partial charge is 0.0692 e. The van der Waals surface area contributed by atoms with Crippen molar-refractivity contribution in [3.8, 4) is 6.07 Å². The maximum Gasteiger partial charge on any atom is 0.0692 e. The number of nitriles is 1. The Bertz CT molecular complexity index is 192. The fourth-order valence-electron chi connectivity index (χ4n) is 1.70. The van der Waals surface area contributed by atoms with E-state index in [0.717, 1.165) is 0 Å². The highest BCUT2D eigenvalue weighted by Gasteiger charge is 2.27. The molecule has 3 atom stereocenters. The third kappa shape index (κ3) is 2.96. The number of nitrogens with zero attached hydrogens (tertiary/aromatic N) is 2. The van der Waals surface area contributed by atoms with Crippen molar-refractivity contribution in [1.29, 1.82) is 5.26 Å². The Balaban J connectivity index is 2.45. The van der Waals surface area contributed by atoms with Crippen molar-refractivity contribution in [2.24, 2.45) is 0 Å². The van der Waals surface area contributed by atoms with Crippen molar-refractivity contribution < 1.29 is 10.2 Å². The third-order valence-electron chi connectivity index (χ3n) is 2.44. The minimum absolute atomic E-state index is 0.120. The second kappa shape index (κ2) is 4.56. The van der Waals surface area contributed by atoms with Crippen molar-refractivity contribution in [3.63, 3.8) is 0 Å². The zero-order chi connectivity index (χ0) is 9.84. The summed E-state index contributed by atoms with van der Waals surface area (Å²) in [6.45, 7) is 3.08. The molecule has 4 nitrogen and oxygen atoms in total. The van der Waals surface area contributed by atoms with Crippen molar-refractivity contribution in [2.75, 3.05) is 13.1 Å². The van der Waals surface area contributed by atoms with E-state index in [-0.39, 0.29) is 6.04 Å². The van der Waals surface area contributed by atoms with Crippen molar-refractivity contribution in [3.05, 3.63) is 0 Å². The lowest BCUT2D eigenvalue weighted by Gasteiger charge is -2.36. The largest absolute Gasteiger partial charge is 0.392 e. The summed E-state index contributed by atoms with van der Waals surface area (Å²) in [5.74, 6) is 0. The summed E-state index contributed by atoms with van der Waals surface area (Å²) in [6, 6.07) is 2.21. The first kappa shape index (κ1) is 10.5. The molecular weight excluding hydrogens is 168 g/mol. The lowest BCUT2D eigenvalue weighted by atomic mass is 10.0. The molecule has 1 heterocycles. The van der Waals surface area contributed by atoms with E-state index in [1.165, 1.54) is 0 Å². The van der Waals surface area contributed by atoms with Crippen LogP contribution in [0.4, 0.5) is 0 Å². The molecule has 1 aliphatic heterocycles. The number of hydrogen-bond acceptors (Lipinski definition) is 4. The number of aliphatic hydroxyl groups excluding tert-OH is 2. The summed E-state index contributed by atoms with van der Waals surface area (Å²) in [5.41, 5.74) is 0. The molecule has 0 amide bonds. The molecule has 13 heavy (non-hydrogen) atoms.